The Morgan fingerprint density at radius 2 is 1.86 bits per heavy atom. The summed E-state index contributed by atoms with van der Waals surface area (Å²) in [6.07, 6.45) is 3.86. The molecule has 0 spiro atoms. The van der Waals surface area contributed by atoms with Gasteiger partial charge in [0, 0.05) is 12.6 Å². The number of amides is 1. The van der Waals surface area contributed by atoms with E-state index in [1.54, 1.807) is 0 Å². The topological polar surface area (TPSA) is 58.6 Å². The molecule has 1 saturated carbocycles. The number of carbonyl (C=O) groups is 1. The SMILES string of the molecule is CC(C)c1ccc(OCC(=O)NC2CCC(CO)CC2)cc1. The highest BCUT2D eigenvalue weighted by Crippen LogP contribution is 2.23. The molecule has 0 saturated heterocycles. The molecule has 122 valence electrons. The standard InChI is InChI=1S/C18H27NO3/c1-13(2)15-5-9-17(10-6-15)22-12-18(21)19-16-7-3-14(11-20)4-8-16/h5-6,9-10,13-14,16,20H,3-4,7-8,11-12H2,1-2H3,(H,19,21). The summed E-state index contributed by atoms with van der Waals surface area (Å²) in [4.78, 5) is 11.9. The first-order valence-corrected chi connectivity index (χ1v) is 8.21. The lowest BCUT2D eigenvalue weighted by Gasteiger charge is -2.27. The van der Waals surface area contributed by atoms with Crippen LogP contribution in [0.15, 0.2) is 24.3 Å². The summed E-state index contributed by atoms with van der Waals surface area (Å²) in [5.74, 6) is 1.55. The van der Waals surface area contributed by atoms with Gasteiger partial charge in [-0.1, -0.05) is 26.0 Å². The maximum Gasteiger partial charge on any atom is 0.258 e. The molecule has 0 atom stereocenters. The second-order valence-electron chi connectivity index (χ2n) is 6.48. The average molecular weight is 305 g/mol. The number of hydrogen-bond donors (Lipinski definition) is 2. The zero-order valence-corrected chi connectivity index (χ0v) is 13.5. The first-order chi connectivity index (χ1) is 10.6. The Bertz CT molecular complexity index is 462. The van der Waals surface area contributed by atoms with E-state index in [9.17, 15) is 4.79 Å². The number of aliphatic hydroxyl groups is 1. The Kier molecular flexibility index (Phi) is 6.25. The van der Waals surface area contributed by atoms with E-state index in [1.807, 2.05) is 24.3 Å². The van der Waals surface area contributed by atoms with Crippen molar-refractivity contribution < 1.29 is 14.6 Å². The predicted octanol–water partition coefficient (Wildman–Crippen LogP) is 2.86. The summed E-state index contributed by atoms with van der Waals surface area (Å²) >= 11 is 0. The molecule has 1 aromatic carbocycles. The Morgan fingerprint density at radius 3 is 2.41 bits per heavy atom. The van der Waals surface area contributed by atoms with Gasteiger partial charge in [-0.05, 0) is 55.2 Å². The van der Waals surface area contributed by atoms with Gasteiger partial charge < -0.3 is 15.2 Å². The highest BCUT2D eigenvalue weighted by Gasteiger charge is 2.21. The van der Waals surface area contributed by atoms with E-state index in [2.05, 4.69) is 19.2 Å². The number of hydrogen-bond acceptors (Lipinski definition) is 3. The van der Waals surface area contributed by atoms with Crippen molar-refractivity contribution in [2.24, 2.45) is 5.92 Å². The van der Waals surface area contributed by atoms with Crippen LogP contribution in [-0.2, 0) is 4.79 Å². The summed E-state index contributed by atoms with van der Waals surface area (Å²) < 4.78 is 5.53. The molecule has 22 heavy (non-hydrogen) atoms. The maximum absolute atomic E-state index is 11.9. The summed E-state index contributed by atoms with van der Waals surface area (Å²) in [5.41, 5.74) is 1.26. The number of benzene rings is 1. The summed E-state index contributed by atoms with van der Waals surface area (Å²) in [6, 6.07) is 8.12. The monoisotopic (exact) mass is 305 g/mol. The summed E-state index contributed by atoms with van der Waals surface area (Å²) in [6.45, 7) is 4.61. The normalized spacial score (nSPS) is 21.6. The fraction of sp³-hybridized carbons (Fsp3) is 0.611. The van der Waals surface area contributed by atoms with Crippen LogP contribution in [0.4, 0.5) is 0 Å². The second-order valence-corrected chi connectivity index (χ2v) is 6.48. The molecular weight excluding hydrogens is 278 g/mol. The van der Waals surface area contributed by atoms with Crippen LogP contribution in [0.2, 0.25) is 0 Å². The van der Waals surface area contributed by atoms with Crippen LogP contribution < -0.4 is 10.1 Å². The van der Waals surface area contributed by atoms with Crippen LogP contribution in [0.5, 0.6) is 5.75 Å². The number of aliphatic hydroxyl groups excluding tert-OH is 1. The molecule has 1 aromatic rings. The Labute approximate surface area is 132 Å². The minimum Gasteiger partial charge on any atom is -0.484 e. The molecule has 1 amide bonds. The van der Waals surface area contributed by atoms with Gasteiger partial charge in [-0.15, -0.1) is 0 Å². The largest absolute Gasteiger partial charge is 0.484 e. The zero-order valence-electron chi connectivity index (χ0n) is 13.5. The first kappa shape index (κ1) is 16.8. The number of ether oxygens (including phenoxy) is 1. The molecule has 0 unspecified atom stereocenters. The maximum atomic E-state index is 11.9. The predicted molar refractivity (Wildman–Crippen MR) is 87.0 cm³/mol. The van der Waals surface area contributed by atoms with E-state index in [0.29, 0.717) is 11.8 Å². The van der Waals surface area contributed by atoms with E-state index < -0.39 is 0 Å². The molecule has 0 radical (unpaired) electrons. The van der Waals surface area contributed by atoms with Crippen molar-refractivity contribution in [1.29, 1.82) is 0 Å². The van der Waals surface area contributed by atoms with Gasteiger partial charge in [-0.3, -0.25) is 4.79 Å². The molecule has 1 aliphatic carbocycles. The van der Waals surface area contributed by atoms with E-state index in [-0.39, 0.29) is 25.2 Å². The van der Waals surface area contributed by atoms with Gasteiger partial charge in [-0.25, -0.2) is 0 Å². The van der Waals surface area contributed by atoms with Crippen molar-refractivity contribution in [2.45, 2.75) is 51.5 Å². The second kappa shape index (κ2) is 8.18. The number of nitrogens with one attached hydrogen (secondary N) is 1. The van der Waals surface area contributed by atoms with Gasteiger partial charge in [0.05, 0.1) is 0 Å². The highest BCUT2D eigenvalue weighted by atomic mass is 16.5. The van der Waals surface area contributed by atoms with E-state index in [0.717, 1.165) is 31.4 Å². The fourth-order valence-electron chi connectivity index (χ4n) is 2.86. The third kappa shape index (κ3) is 5.02. The van der Waals surface area contributed by atoms with Crippen LogP contribution in [0.3, 0.4) is 0 Å². The van der Waals surface area contributed by atoms with Crippen molar-refractivity contribution >= 4 is 5.91 Å². The molecule has 1 fully saturated rings. The Balaban J connectivity index is 1.71. The number of carbonyl (C=O) groups excluding carboxylic acids is 1. The first-order valence-electron chi connectivity index (χ1n) is 8.21. The number of rotatable bonds is 6. The molecule has 4 heteroatoms. The quantitative estimate of drug-likeness (QED) is 0.849. The van der Waals surface area contributed by atoms with Crippen molar-refractivity contribution in [3.05, 3.63) is 29.8 Å². The van der Waals surface area contributed by atoms with Crippen molar-refractivity contribution in [2.75, 3.05) is 13.2 Å². The fourth-order valence-corrected chi connectivity index (χ4v) is 2.86. The van der Waals surface area contributed by atoms with Crippen LogP contribution >= 0.6 is 0 Å². The van der Waals surface area contributed by atoms with Crippen molar-refractivity contribution in [3.8, 4) is 5.75 Å². The highest BCUT2D eigenvalue weighted by molar-refractivity contribution is 5.77. The third-order valence-corrected chi connectivity index (χ3v) is 4.39. The van der Waals surface area contributed by atoms with Crippen molar-refractivity contribution in [3.63, 3.8) is 0 Å². The van der Waals surface area contributed by atoms with E-state index >= 15 is 0 Å². The van der Waals surface area contributed by atoms with E-state index in [1.165, 1.54) is 5.56 Å². The third-order valence-electron chi connectivity index (χ3n) is 4.39. The van der Waals surface area contributed by atoms with Gasteiger partial charge >= 0.3 is 0 Å². The minimum absolute atomic E-state index is 0.0565. The average Bonchev–Trinajstić information content (AvgIpc) is 2.54. The molecule has 2 rings (SSSR count). The van der Waals surface area contributed by atoms with Gasteiger partial charge in [0.15, 0.2) is 6.61 Å². The van der Waals surface area contributed by atoms with E-state index in [4.69, 9.17) is 9.84 Å². The lowest BCUT2D eigenvalue weighted by molar-refractivity contribution is -0.124. The molecule has 0 bridgehead atoms. The molecule has 4 nitrogen and oxygen atoms in total. The smallest absolute Gasteiger partial charge is 0.258 e. The lowest BCUT2D eigenvalue weighted by Crippen LogP contribution is -2.40. The molecule has 0 aromatic heterocycles. The molecular formula is C18H27NO3. The van der Waals surface area contributed by atoms with Gasteiger partial charge in [0.1, 0.15) is 5.75 Å². The van der Waals surface area contributed by atoms with Gasteiger partial charge in [-0.2, -0.15) is 0 Å². The zero-order chi connectivity index (χ0) is 15.9. The molecule has 1 aliphatic rings. The Hall–Kier alpha value is -1.55. The Morgan fingerprint density at radius 1 is 1.23 bits per heavy atom. The minimum atomic E-state index is -0.0691. The van der Waals surface area contributed by atoms with Gasteiger partial charge in [0.25, 0.3) is 5.91 Å². The van der Waals surface area contributed by atoms with Crippen molar-refractivity contribution in [1.82, 2.24) is 5.32 Å². The van der Waals surface area contributed by atoms with Crippen LogP contribution in [0.25, 0.3) is 0 Å². The van der Waals surface area contributed by atoms with Crippen LogP contribution in [0.1, 0.15) is 51.0 Å². The summed E-state index contributed by atoms with van der Waals surface area (Å²) in [7, 11) is 0. The molecule has 0 aliphatic heterocycles. The van der Waals surface area contributed by atoms with Crippen LogP contribution in [-0.4, -0.2) is 30.3 Å². The lowest BCUT2D eigenvalue weighted by atomic mass is 9.86. The molecule has 0 heterocycles. The van der Waals surface area contributed by atoms with Crippen LogP contribution in [0, 0.1) is 5.92 Å². The van der Waals surface area contributed by atoms with Gasteiger partial charge in [0.2, 0.25) is 0 Å². The molecule has 2 N–H and O–H groups in total. The summed E-state index contributed by atoms with van der Waals surface area (Å²) in [5, 5.41) is 12.1.